The summed E-state index contributed by atoms with van der Waals surface area (Å²) in [5.41, 5.74) is 4.88. The molecule has 1 aromatic heterocycles. The molecule has 0 aliphatic carbocycles. The van der Waals surface area contributed by atoms with E-state index in [1.165, 1.54) is 29.5 Å². The van der Waals surface area contributed by atoms with Gasteiger partial charge in [-0.05, 0) is 48.9 Å². The molecule has 2 aliphatic heterocycles. The highest BCUT2D eigenvalue weighted by atomic mass is 16.5. The van der Waals surface area contributed by atoms with Gasteiger partial charge in [0.1, 0.15) is 0 Å². The molecule has 6 rings (SSSR count). The van der Waals surface area contributed by atoms with Gasteiger partial charge in [0, 0.05) is 17.6 Å². The van der Waals surface area contributed by atoms with E-state index >= 15 is 0 Å². The van der Waals surface area contributed by atoms with Crippen molar-refractivity contribution in [3.63, 3.8) is 0 Å². The van der Waals surface area contributed by atoms with E-state index in [4.69, 9.17) is 9.51 Å². The van der Waals surface area contributed by atoms with Crippen LogP contribution in [0.4, 0.5) is 0 Å². The zero-order valence-corrected chi connectivity index (χ0v) is 18.3. The monoisotopic (exact) mass is 421 g/mol. The number of nitrogens with zero attached hydrogens (tertiary/aromatic N) is 3. The zero-order chi connectivity index (χ0) is 21.5. The normalized spacial score (nSPS) is 25.2. The summed E-state index contributed by atoms with van der Waals surface area (Å²) in [5, 5.41) is 4.35. The molecule has 160 valence electrons. The topological polar surface area (TPSA) is 42.2 Å². The van der Waals surface area contributed by atoms with Crippen LogP contribution in [0.5, 0.6) is 0 Å². The SMILES string of the molecule is CN1[C@H]2CC[C@@H]1[C@H](c1nc(-c3ccccc3)no1)[C@@H](c1ccc(-c3ccccc3)cc1)C2. The summed E-state index contributed by atoms with van der Waals surface area (Å²) in [7, 11) is 2.26. The molecule has 0 radical (unpaired) electrons. The number of fused-ring (bicyclic) bond motifs is 2. The summed E-state index contributed by atoms with van der Waals surface area (Å²) in [6, 6.07) is 30.9. The highest BCUT2D eigenvalue weighted by Crippen LogP contribution is 2.50. The van der Waals surface area contributed by atoms with Crippen LogP contribution in [-0.4, -0.2) is 34.2 Å². The van der Waals surface area contributed by atoms with E-state index in [1.54, 1.807) is 0 Å². The lowest BCUT2D eigenvalue weighted by atomic mass is 9.76. The first-order valence-electron chi connectivity index (χ1n) is 11.5. The Kier molecular flexibility index (Phi) is 4.88. The fourth-order valence-electron chi connectivity index (χ4n) is 5.77. The largest absolute Gasteiger partial charge is 0.339 e. The summed E-state index contributed by atoms with van der Waals surface area (Å²) in [6.07, 6.45) is 3.56. The molecule has 0 spiro atoms. The average Bonchev–Trinajstić information content (AvgIpc) is 3.43. The molecule has 0 N–H and O–H groups in total. The van der Waals surface area contributed by atoms with Crippen molar-refractivity contribution in [2.45, 2.75) is 43.2 Å². The molecule has 0 unspecified atom stereocenters. The number of hydrogen-bond acceptors (Lipinski definition) is 4. The molecule has 0 amide bonds. The van der Waals surface area contributed by atoms with Gasteiger partial charge in [-0.2, -0.15) is 4.98 Å². The van der Waals surface area contributed by atoms with Gasteiger partial charge in [0.05, 0.1) is 5.92 Å². The molecular formula is C28H27N3O. The number of likely N-dealkylation sites (N-methyl/N-ethyl adjacent to an activating group) is 1. The van der Waals surface area contributed by atoms with E-state index in [0.29, 0.717) is 23.8 Å². The summed E-state index contributed by atoms with van der Waals surface area (Å²) in [4.78, 5) is 7.44. The molecule has 2 aliphatic rings. The molecule has 32 heavy (non-hydrogen) atoms. The maximum absolute atomic E-state index is 5.91. The van der Waals surface area contributed by atoms with Crippen LogP contribution in [0.2, 0.25) is 0 Å². The third-order valence-corrected chi connectivity index (χ3v) is 7.47. The van der Waals surface area contributed by atoms with Crippen LogP contribution < -0.4 is 0 Å². The quantitative estimate of drug-likeness (QED) is 0.397. The Morgan fingerprint density at radius 3 is 2.16 bits per heavy atom. The Bertz CT molecular complexity index is 1190. The molecule has 4 nitrogen and oxygen atoms in total. The number of piperidine rings is 1. The third-order valence-electron chi connectivity index (χ3n) is 7.47. The lowest BCUT2D eigenvalue weighted by molar-refractivity contribution is 0.120. The molecule has 3 aromatic carbocycles. The van der Waals surface area contributed by atoms with E-state index in [-0.39, 0.29) is 5.92 Å². The van der Waals surface area contributed by atoms with E-state index in [0.717, 1.165) is 17.9 Å². The lowest BCUT2D eigenvalue weighted by Crippen LogP contribution is -2.44. The van der Waals surface area contributed by atoms with Gasteiger partial charge in [0.2, 0.25) is 11.7 Å². The Labute approximate surface area is 188 Å². The number of aromatic nitrogens is 2. The van der Waals surface area contributed by atoms with Crippen molar-refractivity contribution in [2.24, 2.45) is 0 Å². The van der Waals surface area contributed by atoms with Crippen LogP contribution in [0, 0.1) is 0 Å². The van der Waals surface area contributed by atoms with Crippen molar-refractivity contribution >= 4 is 0 Å². The van der Waals surface area contributed by atoms with Crippen LogP contribution in [0.1, 0.15) is 42.6 Å². The number of hydrogen-bond donors (Lipinski definition) is 0. The Morgan fingerprint density at radius 1 is 0.781 bits per heavy atom. The lowest BCUT2D eigenvalue weighted by Gasteiger charge is -2.41. The molecule has 2 bridgehead atoms. The Balaban J connectivity index is 1.35. The maximum atomic E-state index is 5.91. The van der Waals surface area contributed by atoms with Crippen LogP contribution in [0.15, 0.2) is 89.5 Å². The van der Waals surface area contributed by atoms with E-state index in [1.807, 2.05) is 30.3 Å². The molecule has 0 saturated carbocycles. The minimum absolute atomic E-state index is 0.214. The van der Waals surface area contributed by atoms with Gasteiger partial charge in [-0.15, -0.1) is 0 Å². The van der Waals surface area contributed by atoms with Crippen LogP contribution >= 0.6 is 0 Å². The second-order valence-corrected chi connectivity index (χ2v) is 9.14. The summed E-state index contributed by atoms with van der Waals surface area (Å²) in [5.74, 6) is 2.06. The van der Waals surface area contributed by atoms with Gasteiger partial charge in [0.15, 0.2) is 0 Å². The third kappa shape index (κ3) is 3.35. The standard InChI is InChI=1S/C28H27N3O/c1-31-23-16-17-25(31)26(28-29-27(30-32-28)22-10-6-3-7-11-22)24(18-23)21-14-12-20(13-15-21)19-8-4-2-5-9-19/h2-15,23-26H,16-18H2,1H3/t23-,24+,25+,26+/m0/s1. The second-order valence-electron chi connectivity index (χ2n) is 9.14. The van der Waals surface area contributed by atoms with E-state index in [2.05, 4.69) is 71.7 Å². The predicted octanol–water partition coefficient (Wildman–Crippen LogP) is 6.14. The van der Waals surface area contributed by atoms with Gasteiger partial charge >= 0.3 is 0 Å². The smallest absolute Gasteiger partial charge is 0.232 e. The molecule has 4 aromatic rings. The van der Waals surface area contributed by atoms with Gasteiger partial charge in [0.25, 0.3) is 0 Å². The van der Waals surface area contributed by atoms with Crippen molar-refractivity contribution in [2.75, 3.05) is 7.05 Å². The first-order valence-corrected chi connectivity index (χ1v) is 11.5. The zero-order valence-electron chi connectivity index (χ0n) is 18.3. The van der Waals surface area contributed by atoms with Crippen LogP contribution in [0.25, 0.3) is 22.5 Å². The van der Waals surface area contributed by atoms with E-state index < -0.39 is 0 Å². The number of rotatable bonds is 4. The van der Waals surface area contributed by atoms with Gasteiger partial charge < -0.3 is 4.52 Å². The highest BCUT2D eigenvalue weighted by molar-refractivity contribution is 5.63. The fourth-order valence-corrected chi connectivity index (χ4v) is 5.77. The van der Waals surface area contributed by atoms with Crippen molar-refractivity contribution in [3.05, 3.63) is 96.4 Å². The highest BCUT2D eigenvalue weighted by Gasteiger charge is 2.48. The number of benzene rings is 3. The fraction of sp³-hybridized carbons (Fsp3) is 0.286. The van der Waals surface area contributed by atoms with Crippen molar-refractivity contribution in [1.29, 1.82) is 0 Å². The molecule has 4 heteroatoms. The first kappa shape index (κ1) is 19.4. The van der Waals surface area contributed by atoms with Crippen LogP contribution in [0.3, 0.4) is 0 Å². The molecular weight excluding hydrogens is 394 g/mol. The van der Waals surface area contributed by atoms with Crippen molar-refractivity contribution in [1.82, 2.24) is 15.0 Å². The Hall–Kier alpha value is -3.24. The average molecular weight is 422 g/mol. The van der Waals surface area contributed by atoms with Crippen LogP contribution in [-0.2, 0) is 0 Å². The molecule has 3 heterocycles. The van der Waals surface area contributed by atoms with E-state index in [9.17, 15) is 0 Å². The molecule has 2 saturated heterocycles. The van der Waals surface area contributed by atoms with Gasteiger partial charge in [-0.25, -0.2) is 0 Å². The summed E-state index contributed by atoms with van der Waals surface area (Å²) < 4.78 is 5.91. The predicted molar refractivity (Wildman–Crippen MR) is 126 cm³/mol. The van der Waals surface area contributed by atoms with Crippen molar-refractivity contribution < 1.29 is 4.52 Å². The van der Waals surface area contributed by atoms with Gasteiger partial charge in [-0.3, -0.25) is 4.90 Å². The molecule has 2 fully saturated rings. The van der Waals surface area contributed by atoms with Gasteiger partial charge in [-0.1, -0.05) is 90.1 Å². The minimum Gasteiger partial charge on any atom is -0.339 e. The summed E-state index contributed by atoms with van der Waals surface area (Å²) in [6.45, 7) is 0. The second kappa shape index (κ2) is 8.03. The minimum atomic E-state index is 0.214. The Morgan fingerprint density at radius 2 is 1.44 bits per heavy atom. The van der Waals surface area contributed by atoms with Crippen molar-refractivity contribution in [3.8, 4) is 22.5 Å². The molecule has 4 atom stereocenters. The summed E-state index contributed by atoms with van der Waals surface area (Å²) >= 11 is 0. The first-order chi connectivity index (χ1) is 15.8. The maximum Gasteiger partial charge on any atom is 0.232 e.